The number of anilines is 2. The van der Waals surface area contributed by atoms with Gasteiger partial charge in [-0.05, 0) is 54.6 Å². The molecule has 1 N–H and O–H groups in total. The van der Waals surface area contributed by atoms with E-state index in [2.05, 4.69) is 15.5 Å². The van der Waals surface area contributed by atoms with Gasteiger partial charge in [-0.1, -0.05) is 0 Å². The Hall–Kier alpha value is -3.17. The number of methoxy groups -OCH3 is 2. The molecular weight excluding hydrogens is 392 g/mol. The summed E-state index contributed by atoms with van der Waals surface area (Å²) in [6.45, 7) is 0. The Kier molecular flexibility index (Phi) is 6.00. The smallest absolute Gasteiger partial charge is 0.242 e. The summed E-state index contributed by atoms with van der Waals surface area (Å²) in [5.74, 6) is 1.79. The number of nitrogens with one attached hydrogen (secondary N) is 1. The van der Waals surface area contributed by atoms with Crippen LogP contribution < -0.4 is 14.8 Å². The molecule has 0 aliphatic heterocycles. The van der Waals surface area contributed by atoms with E-state index in [-0.39, 0.29) is 4.90 Å². The number of nitrogens with zero attached hydrogens (tertiary/aromatic N) is 3. The minimum atomic E-state index is -3.46. The van der Waals surface area contributed by atoms with E-state index in [0.29, 0.717) is 28.7 Å². The van der Waals surface area contributed by atoms with E-state index < -0.39 is 10.0 Å². The fourth-order valence-corrected chi connectivity index (χ4v) is 3.52. The fraction of sp³-hybridized carbons (Fsp3) is 0.200. The Morgan fingerprint density at radius 3 is 2.10 bits per heavy atom. The highest BCUT2D eigenvalue weighted by atomic mass is 32.2. The predicted octanol–water partition coefficient (Wildman–Crippen LogP) is 3.15. The van der Waals surface area contributed by atoms with Crippen LogP contribution in [0.2, 0.25) is 0 Å². The van der Waals surface area contributed by atoms with Crippen molar-refractivity contribution < 1.29 is 17.9 Å². The molecule has 9 heteroatoms. The molecule has 0 amide bonds. The summed E-state index contributed by atoms with van der Waals surface area (Å²) in [4.78, 5) is 0.225. The number of hydrogen-bond acceptors (Lipinski definition) is 7. The van der Waals surface area contributed by atoms with Crippen molar-refractivity contribution in [3.63, 3.8) is 0 Å². The van der Waals surface area contributed by atoms with Crippen molar-refractivity contribution in [2.24, 2.45) is 0 Å². The van der Waals surface area contributed by atoms with Gasteiger partial charge in [0.15, 0.2) is 17.3 Å². The van der Waals surface area contributed by atoms with Crippen molar-refractivity contribution in [2.45, 2.75) is 4.90 Å². The van der Waals surface area contributed by atoms with Gasteiger partial charge in [0.2, 0.25) is 10.0 Å². The molecule has 0 radical (unpaired) electrons. The molecule has 0 aliphatic rings. The Morgan fingerprint density at radius 2 is 1.55 bits per heavy atom. The van der Waals surface area contributed by atoms with Crippen molar-refractivity contribution in [1.29, 1.82) is 0 Å². The number of aromatic nitrogens is 2. The summed E-state index contributed by atoms with van der Waals surface area (Å²) < 4.78 is 36.0. The van der Waals surface area contributed by atoms with E-state index in [0.717, 1.165) is 5.56 Å². The summed E-state index contributed by atoms with van der Waals surface area (Å²) in [6.07, 6.45) is 0. The monoisotopic (exact) mass is 414 g/mol. The van der Waals surface area contributed by atoms with Gasteiger partial charge in [0, 0.05) is 25.3 Å². The Balaban J connectivity index is 1.76. The van der Waals surface area contributed by atoms with Crippen LogP contribution in [0.25, 0.3) is 11.3 Å². The van der Waals surface area contributed by atoms with Gasteiger partial charge in [0.25, 0.3) is 0 Å². The van der Waals surface area contributed by atoms with Gasteiger partial charge in [-0.3, -0.25) is 0 Å². The van der Waals surface area contributed by atoms with E-state index in [4.69, 9.17) is 9.47 Å². The molecule has 0 atom stereocenters. The standard InChI is InChI=1S/C20H22N4O4S/c1-24(2)29(25,26)16-8-6-15(7-9-16)21-20-12-10-17(22-23-20)14-5-11-18(27-3)19(13-14)28-4/h5-13H,1-4H3,(H,21,23). The quantitative estimate of drug-likeness (QED) is 0.635. The van der Waals surface area contributed by atoms with Gasteiger partial charge >= 0.3 is 0 Å². The Bertz CT molecular complexity index is 1080. The van der Waals surface area contributed by atoms with Crippen LogP contribution in [0.15, 0.2) is 59.5 Å². The highest BCUT2D eigenvalue weighted by molar-refractivity contribution is 7.89. The second-order valence-corrected chi connectivity index (χ2v) is 8.46. The summed E-state index contributed by atoms with van der Waals surface area (Å²) in [5.41, 5.74) is 2.24. The van der Waals surface area contributed by atoms with Crippen LogP contribution in [-0.4, -0.2) is 51.2 Å². The molecule has 3 aromatic rings. The molecule has 3 rings (SSSR count). The molecule has 0 unspecified atom stereocenters. The zero-order chi connectivity index (χ0) is 21.0. The third-order valence-corrected chi connectivity index (χ3v) is 6.08. The number of benzene rings is 2. The molecule has 0 bridgehead atoms. The van der Waals surface area contributed by atoms with Crippen LogP contribution in [0.1, 0.15) is 0 Å². The topological polar surface area (TPSA) is 93.7 Å². The first-order valence-corrected chi connectivity index (χ1v) is 10.1. The molecule has 2 aromatic carbocycles. The predicted molar refractivity (Wildman–Crippen MR) is 111 cm³/mol. The highest BCUT2D eigenvalue weighted by Crippen LogP contribution is 2.31. The van der Waals surface area contributed by atoms with Gasteiger partial charge in [-0.2, -0.15) is 0 Å². The second-order valence-electron chi connectivity index (χ2n) is 6.31. The summed E-state index contributed by atoms with van der Waals surface area (Å²) in [6, 6.07) is 15.6. The first kappa shape index (κ1) is 20.6. The van der Waals surface area contributed by atoms with E-state index in [1.54, 1.807) is 44.6 Å². The maximum absolute atomic E-state index is 12.1. The fourth-order valence-electron chi connectivity index (χ4n) is 2.62. The zero-order valence-electron chi connectivity index (χ0n) is 16.6. The normalized spacial score (nSPS) is 11.3. The zero-order valence-corrected chi connectivity index (χ0v) is 17.4. The van der Waals surface area contributed by atoms with Crippen LogP contribution in [0.3, 0.4) is 0 Å². The lowest BCUT2D eigenvalue weighted by Crippen LogP contribution is -2.22. The van der Waals surface area contributed by atoms with Crippen molar-refractivity contribution in [3.05, 3.63) is 54.6 Å². The summed E-state index contributed by atoms with van der Waals surface area (Å²) in [5, 5.41) is 11.5. The van der Waals surface area contributed by atoms with Crippen molar-refractivity contribution in [1.82, 2.24) is 14.5 Å². The molecule has 152 valence electrons. The van der Waals surface area contributed by atoms with Crippen LogP contribution in [0.4, 0.5) is 11.5 Å². The Labute approximate surface area is 170 Å². The van der Waals surface area contributed by atoms with Crippen molar-refractivity contribution in [2.75, 3.05) is 33.6 Å². The van der Waals surface area contributed by atoms with Crippen LogP contribution in [0.5, 0.6) is 11.5 Å². The lowest BCUT2D eigenvalue weighted by atomic mass is 10.1. The van der Waals surface area contributed by atoms with E-state index >= 15 is 0 Å². The Morgan fingerprint density at radius 1 is 0.862 bits per heavy atom. The summed E-state index contributed by atoms with van der Waals surface area (Å²) in [7, 11) is 2.70. The maximum atomic E-state index is 12.1. The van der Waals surface area contributed by atoms with E-state index in [1.165, 1.54) is 18.4 Å². The average Bonchev–Trinajstić information content (AvgIpc) is 2.74. The molecule has 8 nitrogen and oxygen atoms in total. The number of rotatable bonds is 7. The number of hydrogen-bond donors (Lipinski definition) is 1. The first-order chi connectivity index (χ1) is 13.8. The minimum absolute atomic E-state index is 0.225. The van der Waals surface area contributed by atoms with Crippen LogP contribution >= 0.6 is 0 Å². The molecular formula is C20H22N4O4S. The molecule has 0 saturated heterocycles. The number of ether oxygens (including phenoxy) is 2. The first-order valence-electron chi connectivity index (χ1n) is 8.71. The largest absolute Gasteiger partial charge is 0.493 e. The van der Waals surface area contributed by atoms with Crippen molar-refractivity contribution >= 4 is 21.5 Å². The van der Waals surface area contributed by atoms with Gasteiger partial charge in [0.05, 0.1) is 24.8 Å². The van der Waals surface area contributed by atoms with Gasteiger partial charge in [-0.15, -0.1) is 10.2 Å². The molecule has 0 spiro atoms. The lowest BCUT2D eigenvalue weighted by molar-refractivity contribution is 0.355. The molecule has 29 heavy (non-hydrogen) atoms. The molecule has 0 saturated carbocycles. The minimum Gasteiger partial charge on any atom is -0.493 e. The molecule has 0 aliphatic carbocycles. The third kappa shape index (κ3) is 4.47. The maximum Gasteiger partial charge on any atom is 0.242 e. The third-order valence-electron chi connectivity index (χ3n) is 4.25. The summed E-state index contributed by atoms with van der Waals surface area (Å²) >= 11 is 0. The van der Waals surface area contributed by atoms with Crippen LogP contribution in [0, 0.1) is 0 Å². The molecule has 0 fully saturated rings. The van der Waals surface area contributed by atoms with Crippen molar-refractivity contribution in [3.8, 4) is 22.8 Å². The van der Waals surface area contributed by atoms with Crippen LogP contribution in [-0.2, 0) is 10.0 Å². The lowest BCUT2D eigenvalue weighted by Gasteiger charge is -2.12. The SMILES string of the molecule is COc1ccc(-c2ccc(Nc3ccc(S(=O)(=O)N(C)C)cc3)nn2)cc1OC. The highest BCUT2D eigenvalue weighted by Gasteiger charge is 2.16. The van der Waals surface area contributed by atoms with Gasteiger partial charge in [-0.25, -0.2) is 12.7 Å². The molecule has 1 aromatic heterocycles. The average molecular weight is 414 g/mol. The van der Waals surface area contributed by atoms with Gasteiger partial charge < -0.3 is 14.8 Å². The van der Waals surface area contributed by atoms with E-state index in [9.17, 15) is 8.42 Å². The van der Waals surface area contributed by atoms with E-state index in [1.807, 2.05) is 24.3 Å². The number of sulfonamides is 1. The van der Waals surface area contributed by atoms with Gasteiger partial charge in [0.1, 0.15) is 0 Å². The molecule has 1 heterocycles. The second kappa shape index (κ2) is 8.46.